The summed E-state index contributed by atoms with van der Waals surface area (Å²) < 4.78 is 22.6. The van der Waals surface area contributed by atoms with E-state index in [1.165, 1.54) is 0 Å². The highest BCUT2D eigenvalue weighted by Gasteiger charge is 2.44. The number of ether oxygens (including phenoxy) is 4. The average Bonchev–Trinajstić information content (AvgIpc) is 3.20. The molecule has 1 heterocycles. The van der Waals surface area contributed by atoms with Gasteiger partial charge in [0.1, 0.15) is 30.5 Å². The summed E-state index contributed by atoms with van der Waals surface area (Å²) >= 11 is 0. The number of allylic oxidation sites excluding steroid dienone is 17. The van der Waals surface area contributed by atoms with Crippen molar-refractivity contribution in [3.05, 3.63) is 109 Å². The third-order valence-corrected chi connectivity index (χ3v) is 8.70. The molecule has 1 aliphatic rings. The number of carbonyl (C=O) groups excluding carboxylic acids is 1. The molecule has 0 aromatic heterocycles. The van der Waals surface area contributed by atoms with Gasteiger partial charge in [-0.05, 0) is 83.5 Å². The van der Waals surface area contributed by atoms with Crippen molar-refractivity contribution >= 4 is 5.97 Å². The number of aliphatic hydroxyl groups excluding tert-OH is 4. The number of hydrogen-bond donors (Lipinski definition) is 4. The van der Waals surface area contributed by atoms with E-state index in [1.54, 1.807) is 0 Å². The maximum Gasteiger partial charge on any atom is 0.306 e. The van der Waals surface area contributed by atoms with Gasteiger partial charge in [0.15, 0.2) is 6.29 Å². The van der Waals surface area contributed by atoms with Crippen LogP contribution in [0.4, 0.5) is 0 Å². The first kappa shape index (κ1) is 50.9. The zero-order chi connectivity index (χ0) is 40.7. The Morgan fingerprint density at radius 3 is 1.54 bits per heavy atom. The molecule has 6 atom stereocenters. The van der Waals surface area contributed by atoms with Crippen molar-refractivity contribution in [2.75, 3.05) is 26.4 Å². The average molecular weight is 783 g/mol. The van der Waals surface area contributed by atoms with E-state index in [0.29, 0.717) is 19.4 Å². The van der Waals surface area contributed by atoms with Gasteiger partial charge in [0, 0.05) is 6.42 Å². The summed E-state index contributed by atoms with van der Waals surface area (Å²) in [6.45, 7) is 4.04. The fourth-order valence-corrected chi connectivity index (χ4v) is 5.49. The highest BCUT2D eigenvalue weighted by Crippen LogP contribution is 2.22. The summed E-state index contributed by atoms with van der Waals surface area (Å²) in [5, 5.41) is 40.0. The first-order valence-electron chi connectivity index (χ1n) is 21.0. The maximum atomic E-state index is 12.7. The summed E-state index contributed by atoms with van der Waals surface area (Å²) in [4.78, 5) is 12.7. The van der Waals surface area contributed by atoms with Gasteiger partial charge in [-0.3, -0.25) is 4.79 Å². The van der Waals surface area contributed by atoms with Gasteiger partial charge in [0.05, 0.1) is 26.4 Å². The predicted octanol–water partition coefficient (Wildman–Crippen LogP) is 9.02. The summed E-state index contributed by atoms with van der Waals surface area (Å²) in [5.74, 6) is -0.368. The molecule has 4 N–H and O–H groups in total. The molecular formula is C47H74O9. The summed E-state index contributed by atoms with van der Waals surface area (Å²) in [5.41, 5.74) is 0. The van der Waals surface area contributed by atoms with Crippen LogP contribution in [0.5, 0.6) is 0 Å². The molecule has 0 radical (unpaired) electrons. The Hall–Kier alpha value is -3.15. The van der Waals surface area contributed by atoms with Crippen molar-refractivity contribution in [1.29, 1.82) is 0 Å². The first-order chi connectivity index (χ1) is 27.4. The second-order valence-corrected chi connectivity index (χ2v) is 13.7. The van der Waals surface area contributed by atoms with Crippen molar-refractivity contribution in [1.82, 2.24) is 0 Å². The lowest BCUT2D eigenvalue weighted by atomic mass is 9.99. The Morgan fingerprint density at radius 1 is 0.571 bits per heavy atom. The van der Waals surface area contributed by atoms with Crippen LogP contribution in [-0.2, 0) is 23.7 Å². The molecule has 0 aromatic carbocycles. The van der Waals surface area contributed by atoms with Crippen LogP contribution in [-0.4, -0.2) is 89.6 Å². The van der Waals surface area contributed by atoms with E-state index in [2.05, 4.69) is 117 Å². The molecule has 6 unspecified atom stereocenters. The number of rotatable bonds is 33. The molecule has 9 nitrogen and oxygen atoms in total. The van der Waals surface area contributed by atoms with E-state index >= 15 is 0 Å². The molecule has 0 amide bonds. The standard InChI is InChI=1S/C47H74O9/c1-3-5-7-9-11-13-15-17-19-21-22-24-26-28-30-32-34-36-43(49)55-41(40-54-47-46(52)45(51)44(50)42(38-48)56-47)39-53-37-35-33-31-29-27-25-23-20-18-16-14-12-10-8-6-4-2/h5-8,11-14,17-20,22,24-25,27,31,33,41-42,44-48,50-52H,3-4,9-10,15-16,21,23,26,28-30,32,34-40H2,1-2H3/b7-5-,8-6-,13-11-,14-12-,19-17-,20-18-,24-22-,27-25-,33-31-. The zero-order valence-corrected chi connectivity index (χ0v) is 34.3. The van der Waals surface area contributed by atoms with Crippen LogP contribution in [0.1, 0.15) is 117 Å². The van der Waals surface area contributed by atoms with Crippen molar-refractivity contribution in [2.24, 2.45) is 0 Å². The molecule has 0 aliphatic carbocycles. The topological polar surface area (TPSA) is 135 Å². The van der Waals surface area contributed by atoms with Crippen molar-refractivity contribution in [2.45, 2.75) is 153 Å². The molecule has 0 saturated carbocycles. The number of esters is 1. The monoisotopic (exact) mass is 783 g/mol. The molecule has 1 fully saturated rings. The number of aliphatic hydroxyl groups is 4. The number of unbranched alkanes of at least 4 members (excludes halogenated alkanes) is 4. The predicted molar refractivity (Wildman–Crippen MR) is 228 cm³/mol. The minimum atomic E-state index is -1.56. The number of carbonyl (C=O) groups is 1. The molecule has 1 rings (SSSR count). The van der Waals surface area contributed by atoms with Gasteiger partial charge < -0.3 is 39.4 Å². The van der Waals surface area contributed by atoms with Gasteiger partial charge in [0.2, 0.25) is 0 Å². The SMILES string of the molecule is CC/C=C\C/C=C\C/C=C\C/C=C\C/C=C\CCOCC(COC1OC(CO)C(O)C(O)C1O)OC(=O)CCCCCC/C=C\C/C=C\C/C=C\C/C=C\CC. The van der Waals surface area contributed by atoms with Crippen LogP contribution in [0, 0.1) is 0 Å². The van der Waals surface area contributed by atoms with Crippen LogP contribution < -0.4 is 0 Å². The smallest absolute Gasteiger partial charge is 0.306 e. The van der Waals surface area contributed by atoms with E-state index < -0.39 is 43.4 Å². The minimum Gasteiger partial charge on any atom is -0.457 e. The van der Waals surface area contributed by atoms with Crippen LogP contribution in [0.3, 0.4) is 0 Å². The third kappa shape index (κ3) is 28.3. The Balaban J connectivity index is 2.39. The van der Waals surface area contributed by atoms with E-state index in [9.17, 15) is 25.2 Å². The Kier molecular flexibility index (Phi) is 34.0. The van der Waals surface area contributed by atoms with Gasteiger partial charge in [-0.15, -0.1) is 0 Å². The molecule has 316 valence electrons. The highest BCUT2D eigenvalue weighted by molar-refractivity contribution is 5.69. The molecule has 0 aromatic rings. The Morgan fingerprint density at radius 2 is 1.04 bits per heavy atom. The van der Waals surface area contributed by atoms with Crippen LogP contribution in [0.15, 0.2) is 109 Å². The third-order valence-electron chi connectivity index (χ3n) is 8.70. The van der Waals surface area contributed by atoms with Crippen molar-refractivity contribution in [3.8, 4) is 0 Å². The van der Waals surface area contributed by atoms with Gasteiger partial charge in [-0.2, -0.15) is 0 Å². The van der Waals surface area contributed by atoms with Crippen LogP contribution >= 0.6 is 0 Å². The van der Waals surface area contributed by atoms with Gasteiger partial charge in [-0.1, -0.05) is 136 Å². The van der Waals surface area contributed by atoms with E-state index in [1.807, 2.05) is 6.08 Å². The second kappa shape index (κ2) is 37.4. The maximum absolute atomic E-state index is 12.7. The van der Waals surface area contributed by atoms with Crippen molar-refractivity contribution in [3.63, 3.8) is 0 Å². The van der Waals surface area contributed by atoms with E-state index in [0.717, 1.165) is 83.5 Å². The molecule has 56 heavy (non-hydrogen) atoms. The molecule has 0 bridgehead atoms. The van der Waals surface area contributed by atoms with Gasteiger partial charge >= 0.3 is 5.97 Å². The minimum absolute atomic E-state index is 0.0722. The molecule has 9 heteroatoms. The van der Waals surface area contributed by atoms with Crippen LogP contribution in [0.2, 0.25) is 0 Å². The Labute approximate surface area is 338 Å². The van der Waals surface area contributed by atoms with E-state index in [-0.39, 0.29) is 25.6 Å². The summed E-state index contributed by atoms with van der Waals surface area (Å²) in [6.07, 6.45) is 45.6. The molecule has 1 saturated heterocycles. The summed E-state index contributed by atoms with van der Waals surface area (Å²) in [6, 6.07) is 0. The quantitative estimate of drug-likeness (QED) is 0.0292. The fraction of sp³-hybridized carbons (Fsp3) is 0.596. The molecular weight excluding hydrogens is 709 g/mol. The van der Waals surface area contributed by atoms with Gasteiger partial charge in [-0.25, -0.2) is 0 Å². The molecule has 0 spiro atoms. The number of hydrogen-bond acceptors (Lipinski definition) is 9. The van der Waals surface area contributed by atoms with Crippen molar-refractivity contribution < 1.29 is 44.2 Å². The second-order valence-electron chi connectivity index (χ2n) is 13.7. The molecule has 1 aliphatic heterocycles. The lowest BCUT2D eigenvalue weighted by molar-refractivity contribution is -0.305. The zero-order valence-electron chi connectivity index (χ0n) is 34.3. The fourth-order valence-electron chi connectivity index (χ4n) is 5.49. The first-order valence-corrected chi connectivity index (χ1v) is 21.0. The van der Waals surface area contributed by atoms with Crippen LogP contribution in [0.25, 0.3) is 0 Å². The van der Waals surface area contributed by atoms with Gasteiger partial charge in [0.25, 0.3) is 0 Å². The summed E-state index contributed by atoms with van der Waals surface area (Å²) in [7, 11) is 0. The largest absolute Gasteiger partial charge is 0.457 e. The highest BCUT2D eigenvalue weighted by atomic mass is 16.7. The van der Waals surface area contributed by atoms with E-state index in [4.69, 9.17) is 18.9 Å². The lowest BCUT2D eigenvalue weighted by Crippen LogP contribution is -2.59. The normalized spacial score (nSPS) is 21.7. The Bertz CT molecular complexity index is 1210. The lowest BCUT2D eigenvalue weighted by Gasteiger charge is -2.39.